The van der Waals surface area contributed by atoms with E-state index in [-0.39, 0.29) is 11.7 Å². The molecule has 1 aliphatic heterocycles. The molecular formula is C10H21NO4S3. The van der Waals surface area contributed by atoms with Crippen molar-refractivity contribution in [2.75, 3.05) is 30.1 Å². The summed E-state index contributed by atoms with van der Waals surface area (Å²) in [4.78, 5) is 0. The van der Waals surface area contributed by atoms with Gasteiger partial charge in [-0.15, -0.1) is 0 Å². The van der Waals surface area contributed by atoms with Crippen molar-refractivity contribution in [1.29, 1.82) is 0 Å². The zero-order valence-corrected chi connectivity index (χ0v) is 13.4. The summed E-state index contributed by atoms with van der Waals surface area (Å²) in [6, 6.07) is 0. The standard InChI is InChI=1S/C10H21NO4S3/c1-4-9(2)8-18(14,15)11-5-6-16-7-10(11)17(3,12)13/h9-10H,4-8H2,1-3H3/t9-,10-/m0/s1. The van der Waals surface area contributed by atoms with Crippen molar-refractivity contribution in [3.8, 4) is 0 Å². The SMILES string of the molecule is CC[C@H](C)CS(=O)(=O)N1CCSC[C@@H]1S(C)(=O)=O. The number of rotatable bonds is 5. The van der Waals surface area contributed by atoms with Crippen molar-refractivity contribution in [2.45, 2.75) is 25.6 Å². The van der Waals surface area contributed by atoms with Crippen LogP contribution in [0.4, 0.5) is 0 Å². The summed E-state index contributed by atoms with van der Waals surface area (Å²) in [6.07, 6.45) is 1.88. The van der Waals surface area contributed by atoms with Crippen LogP contribution in [-0.4, -0.2) is 56.6 Å². The van der Waals surface area contributed by atoms with Crippen LogP contribution in [0.3, 0.4) is 0 Å². The molecular weight excluding hydrogens is 294 g/mol. The number of hydrogen-bond donors (Lipinski definition) is 0. The molecule has 0 saturated carbocycles. The minimum atomic E-state index is -3.49. The highest BCUT2D eigenvalue weighted by molar-refractivity contribution is 8.01. The molecule has 0 bridgehead atoms. The second-order valence-corrected chi connectivity index (χ2v) is 10.1. The van der Waals surface area contributed by atoms with E-state index >= 15 is 0 Å². The van der Waals surface area contributed by atoms with E-state index in [1.165, 1.54) is 16.1 Å². The molecule has 1 fully saturated rings. The maximum Gasteiger partial charge on any atom is 0.215 e. The minimum Gasteiger partial charge on any atom is -0.227 e. The maximum atomic E-state index is 12.3. The Kier molecular flexibility index (Phi) is 5.52. The van der Waals surface area contributed by atoms with E-state index in [1.807, 2.05) is 13.8 Å². The lowest BCUT2D eigenvalue weighted by molar-refractivity contribution is 0.399. The van der Waals surface area contributed by atoms with Gasteiger partial charge in [0.1, 0.15) is 5.37 Å². The molecule has 0 radical (unpaired) electrons. The van der Waals surface area contributed by atoms with Crippen LogP contribution in [0, 0.1) is 5.92 Å². The number of hydrogen-bond acceptors (Lipinski definition) is 5. The smallest absolute Gasteiger partial charge is 0.215 e. The van der Waals surface area contributed by atoms with Gasteiger partial charge in [0.2, 0.25) is 10.0 Å². The topological polar surface area (TPSA) is 71.5 Å². The third-order valence-electron chi connectivity index (χ3n) is 3.08. The first-order chi connectivity index (χ1) is 8.18. The Labute approximate surface area is 114 Å². The van der Waals surface area contributed by atoms with Gasteiger partial charge in [-0.2, -0.15) is 16.1 Å². The zero-order valence-electron chi connectivity index (χ0n) is 11.0. The van der Waals surface area contributed by atoms with Gasteiger partial charge >= 0.3 is 0 Å². The van der Waals surface area contributed by atoms with Crippen LogP contribution in [-0.2, 0) is 19.9 Å². The summed E-state index contributed by atoms with van der Waals surface area (Å²) < 4.78 is 49.1. The van der Waals surface area contributed by atoms with Crippen LogP contribution in [0.15, 0.2) is 0 Å². The van der Waals surface area contributed by atoms with Gasteiger partial charge in [-0.3, -0.25) is 0 Å². The summed E-state index contributed by atoms with van der Waals surface area (Å²) >= 11 is 1.49. The molecule has 2 atom stereocenters. The third kappa shape index (κ3) is 4.11. The zero-order chi connectivity index (χ0) is 14.0. The number of sulfonamides is 1. The third-order valence-corrected chi connectivity index (χ3v) is 8.00. The van der Waals surface area contributed by atoms with E-state index in [9.17, 15) is 16.8 Å². The van der Waals surface area contributed by atoms with Crippen molar-refractivity contribution in [3.05, 3.63) is 0 Å². The molecule has 0 aromatic carbocycles. The van der Waals surface area contributed by atoms with Gasteiger partial charge in [-0.05, 0) is 5.92 Å². The van der Waals surface area contributed by atoms with Crippen LogP contribution < -0.4 is 0 Å². The highest BCUT2D eigenvalue weighted by Crippen LogP contribution is 2.24. The van der Waals surface area contributed by atoms with Crippen molar-refractivity contribution in [3.63, 3.8) is 0 Å². The normalized spacial score (nSPS) is 24.9. The first-order valence-electron chi connectivity index (χ1n) is 5.94. The minimum absolute atomic E-state index is 0.0280. The fraction of sp³-hybridized carbons (Fsp3) is 1.00. The van der Waals surface area contributed by atoms with Gasteiger partial charge in [-0.25, -0.2) is 16.8 Å². The van der Waals surface area contributed by atoms with E-state index in [0.29, 0.717) is 18.1 Å². The molecule has 0 aromatic rings. The van der Waals surface area contributed by atoms with E-state index in [2.05, 4.69) is 0 Å². The average molecular weight is 315 g/mol. The van der Waals surface area contributed by atoms with Gasteiger partial charge in [0.05, 0.1) is 5.75 Å². The molecule has 108 valence electrons. The van der Waals surface area contributed by atoms with Crippen LogP contribution in [0.1, 0.15) is 20.3 Å². The summed E-state index contributed by atoms with van der Waals surface area (Å²) in [5, 5.41) is -0.898. The van der Waals surface area contributed by atoms with Gasteiger partial charge in [-0.1, -0.05) is 20.3 Å². The second-order valence-electron chi connectivity index (χ2n) is 4.76. The van der Waals surface area contributed by atoms with Gasteiger partial charge < -0.3 is 0 Å². The molecule has 18 heavy (non-hydrogen) atoms. The molecule has 0 aromatic heterocycles. The quantitative estimate of drug-likeness (QED) is 0.750. The lowest BCUT2D eigenvalue weighted by Crippen LogP contribution is -2.51. The van der Waals surface area contributed by atoms with Crippen LogP contribution in [0.2, 0.25) is 0 Å². The van der Waals surface area contributed by atoms with Crippen molar-refractivity contribution < 1.29 is 16.8 Å². The largest absolute Gasteiger partial charge is 0.227 e. The Morgan fingerprint density at radius 2 is 1.94 bits per heavy atom. The fourth-order valence-electron chi connectivity index (χ4n) is 1.79. The molecule has 0 spiro atoms. The Balaban J connectivity index is 2.97. The first kappa shape index (κ1) is 16.3. The fourth-order valence-corrected chi connectivity index (χ4v) is 7.50. The summed E-state index contributed by atoms with van der Waals surface area (Å²) in [6.45, 7) is 4.09. The molecule has 8 heteroatoms. The highest BCUT2D eigenvalue weighted by atomic mass is 32.2. The van der Waals surface area contributed by atoms with Crippen LogP contribution in [0.5, 0.6) is 0 Å². The van der Waals surface area contributed by atoms with E-state index in [0.717, 1.165) is 12.7 Å². The Morgan fingerprint density at radius 1 is 1.33 bits per heavy atom. The number of nitrogens with zero attached hydrogens (tertiary/aromatic N) is 1. The lowest BCUT2D eigenvalue weighted by Gasteiger charge is -2.33. The van der Waals surface area contributed by atoms with E-state index in [1.54, 1.807) is 0 Å². The van der Waals surface area contributed by atoms with Crippen LogP contribution >= 0.6 is 11.8 Å². The highest BCUT2D eigenvalue weighted by Gasteiger charge is 2.38. The van der Waals surface area contributed by atoms with Gasteiger partial charge in [0.25, 0.3) is 0 Å². The van der Waals surface area contributed by atoms with Crippen LogP contribution in [0.25, 0.3) is 0 Å². The molecule has 0 amide bonds. The molecule has 0 N–H and O–H groups in total. The number of thioether (sulfide) groups is 1. The average Bonchev–Trinajstić information content (AvgIpc) is 2.27. The van der Waals surface area contributed by atoms with Gasteiger partial charge in [0.15, 0.2) is 9.84 Å². The van der Waals surface area contributed by atoms with E-state index < -0.39 is 25.2 Å². The number of sulfone groups is 1. The molecule has 0 unspecified atom stereocenters. The van der Waals surface area contributed by atoms with Crippen molar-refractivity contribution in [1.82, 2.24) is 4.31 Å². The molecule has 1 rings (SSSR count). The Hall–Kier alpha value is 0.210. The van der Waals surface area contributed by atoms with Gasteiger partial charge in [0, 0.05) is 24.3 Å². The first-order valence-corrected chi connectivity index (χ1v) is 10.7. The Bertz CT molecular complexity index is 471. The second kappa shape index (κ2) is 6.11. The summed E-state index contributed by atoms with van der Waals surface area (Å²) in [5.41, 5.74) is 0. The summed E-state index contributed by atoms with van der Waals surface area (Å²) in [5.74, 6) is 1.06. The predicted octanol–water partition coefficient (Wildman–Crippen LogP) is 0.782. The molecule has 1 aliphatic rings. The lowest BCUT2D eigenvalue weighted by atomic mass is 10.2. The Morgan fingerprint density at radius 3 is 2.44 bits per heavy atom. The van der Waals surface area contributed by atoms with Crippen molar-refractivity contribution in [2.24, 2.45) is 5.92 Å². The predicted molar refractivity (Wildman–Crippen MR) is 75.9 cm³/mol. The molecule has 1 heterocycles. The monoisotopic (exact) mass is 315 g/mol. The molecule has 1 saturated heterocycles. The maximum absolute atomic E-state index is 12.3. The molecule has 0 aliphatic carbocycles. The van der Waals surface area contributed by atoms with E-state index in [4.69, 9.17) is 0 Å². The molecule has 5 nitrogen and oxygen atoms in total. The van der Waals surface area contributed by atoms with Crippen molar-refractivity contribution >= 4 is 31.6 Å². The summed E-state index contributed by atoms with van der Waals surface area (Å²) in [7, 11) is -6.86.